The minimum absolute atomic E-state index is 0. The summed E-state index contributed by atoms with van der Waals surface area (Å²) < 4.78 is 10.8. The van der Waals surface area contributed by atoms with E-state index in [1.54, 1.807) is 0 Å². The van der Waals surface area contributed by atoms with Gasteiger partial charge in [0, 0.05) is 0 Å². The molecule has 0 aliphatic heterocycles. The second-order valence-corrected chi connectivity index (χ2v) is 3.01. The van der Waals surface area contributed by atoms with Gasteiger partial charge in [0.2, 0.25) is 0 Å². The van der Waals surface area contributed by atoms with Crippen molar-refractivity contribution in [1.29, 1.82) is 0 Å². The van der Waals surface area contributed by atoms with Crippen molar-refractivity contribution in [3.8, 4) is 0 Å². The molecular formula is C4H9LiOTe. The van der Waals surface area contributed by atoms with Crippen LogP contribution >= 0.6 is 0 Å². The molecule has 0 saturated carbocycles. The fourth-order valence-corrected chi connectivity index (χ4v) is 1.36. The molecule has 0 aromatic heterocycles. The molecule has 0 rings (SSSR count). The molecule has 0 aliphatic rings. The van der Waals surface area contributed by atoms with E-state index in [-0.39, 0.29) is 18.9 Å². The number of hydrogen-bond donors (Lipinski definition) is 0. The summed E-state index contributed by atoms with van der Waals surface area (Å²) in [6.07, 6.45) is 2.35. The van der Waals surface area contributed by atoms with Crippen LogP contribution in [0.2, 0.25) is 4.47 Å². The molecule has 0 N–H and O–H groups in total. The summed E-state index contributed by atoms with van der Waals surface area (Å²) in [5.74, 6) is 0. The average Bonchev–Trinajstić information content (AvgIpc) is 1.61. The van der Waals surface area contributed by atoms with Crippen LogP contribution in [0, 0.1) is 0 Å². The second kappa shape index (κ2) is 10.4. The van der Waals surface area contributed by atoms with E-state index in [1.165, 1.54) is 6.42 Å². The maximum atomic E-state index is 9.82. The van der Waals surface area contributed by atoms with E-state index in [9.17, 15) is 3.47 Å². The first-order valence-electron chi connectivity index (χ1n) is 2.16. The first-order valence-corrected chi connectivity index (χ1v) is 4.76. The zero-order chi connectivity index (χ0) is 4.83. The third kappa shape index (κ3) is 11.1. The Hall–Kier alpha value is 1.35. The van der Waals surface area contributed by atoms with Gasteiger partial charge in [0.05, 0.1) is 0 Å². The molecule has 0 heterocycles. The first-order chi connectivity index (χ1) is 2.91. The quantitative estimate of drug-likeness (QED) is 0.362. The maximum Gasteiger partial charge on any atom is 1.00 e. The standard InChI is InChI=1S/C4H10OTe.Li/c1-2-3-4-6-5;/h5H,2-4H2,1H3;/q;+1/p-1. The molecule has 0 aromatic rings. The fraction of sp³-hybridized carbons (Fsp3) is 1.00. The number of rotatable bonds is 3. The van der Waals surface area contributed by atoms with Crippen molar-refractivity contribution in [2.75, 3.05) is 0 Å². The number of unbranched alkanes of at least 4 members (excludes halogenated alkanes) is 1. The largest absolute Gasteiger partial charge is 1.00 e. The van der Waals surface area contributed by atoms with Crippen LogP contribution in [-0.4, -0.2) is 21.3 Å². The Kier molecular flexibility index (Phi) is 16.5. The van der Waals surface area contributed by atoms with Crippen LogP contribution in [0.1, 0.15) is 19.8 Å². The normalized spacial score (nSPS) is 7.71. The molecule has 0 amide bonds. The fourth-order valence-electron chi connectivity index (χ4n) is 0.203. The van der Waals surface area contributed by atoms with Crippen LogP contribution in [0.5, 0.6) is 0 Å². The van der Waals surface area contributed by atoms with Crippen molar-refractivity contribution < 1.29 is 22.3 Å². The summed E-state index contributed by atoms with van der Waals surface area (Å²) in [6.45, 7) is 2.11. The van der Waals surface area contributed by atoms with Crippen LogP contribution in [0.25, 0.3) is 0 Å². The van der Waals surface area contributed by atoms with Gasteiger partial charge < -0.3 is 0 Å². The molecule has 0 atom stereocenters. The molecule has 0 saturated heterocycles. The molecule has 0 radical (unpaired) electrons. The minimum atomic E-state index is -0.786. The molecule has 7 heavy (non-hydrogen) atoms. The third-order valence-corrected chi connectivity index (χ3v) is 1.88. The van der Waals surface area contributed by atoms with E-state index in [4.69, 9.17) is 0 Å². The van der Waals surface area contributed by atoms with E-state index in [0.717, 1.165) is 10.9 Å². The molecule has 0 bridgehead atoms. The van der Waals surface area contributed by atoms with Gasteiger partial charge in [0.15, 0.2) is 0 Å². The first kappa shape index (κ1) is 11.2. The molecule has 3 heteroatoms. The van der Waals surface area contributed by atoms with Crippen molar-refractivity contribution in [2.24, 2.45) is 0 Å². The monoisotopic (exact) mass is 210 g/mol. The van der Waals surface area contributed by atoms with Gasteiger partial charge in [-0.15, -0.1) is 0 Å². The van der Waals surface area contributed by atoms with Gasteiger partial charge in [-0.3, -0.25) is 0 Å². The average molecular weight is 208 g/mol. The Morgan fingerprint density at radius 3 is 2.29 bits per heavy atom. The van der Waals surface area contributed by atoms with Gasteiger partial charge in [0.25, 0.3) is 0 Å². The predicted octanol–water partition coefficient (Wildman–Crippen LogP) is -2.81. The van der Waals surface area contributed by atoms with Crippen molar-refractivity contribution in [1.82, 2.24) is 0 Å². The summed E-state index contributed by atoms with van der Waals surface area (Å²) in [7, 11) is 0. The summed E-state index contributed by atoms with van der Waals surface area (Å²) in [5, 5.41) is 0. The molecular weight excluding hydrogens is 199 g/mol. The Morgan fingerprint density at radius 2 is 2.14 bits per heavy atom. The topological polar surface area (TPSA) is 23.1 Å². The molecule has 0 aromatic carbocycles. The Labute approximate surface area is 67.7 Å². The smallest absolute Gasteiger partial charge is 1.00 e. The van der Waals surface area contributed by atoms with Gasteiger partial charge in [-0.1, -0.05) is 0 Å². The Balaban J connectivity index is 0. The second-order valence-electron chi connectivity index (χ2n) is 1.18. The van der Waals surface area contributed by atoms with Gasteiger partial charge >= 0.3 is 67.9 Å². The van der Waals surface area contributed by atoms with E-state index >= 15 is 0 Å². The summed E-state index contributed by atoms with van der Waals surface area (Å²) >= 11 is -0.786. The Bertz CT molecular complexity index is 23.7. The van der Waals surface area contributed by atoms with Crippen molar-refractivity contribution in [2.45, 2.75) is 24.2 Å². The molecule has 1 nitrogen and oxygen atoms in total. The van der Waals surface area contributed by atoms with Gasteiger partial charge in [-0.2, -0.15) is 0 Å². The van der Waals surface area contributed by atoms with Crippen molar-refractivity contribution in [3.63, 3.8) is 0 Å². The summed E-state index contributed by atoms with van der Waals surface area (Å²) in [5.41, 5.74) is 0. The third-order valence-electron chi connectivity index (χ3n) is 0.581. The zero-order valence-corrected chi connectivity index (χ0v) is 7.27. The molecule has 0 unspecified atom stereocenters. The van der Waals surface area contributed by atoms with Crippen molar-refractivity contribution >= 4 is 21.3 Å². The van der Waals surface area contributed by atoms with Crippen LogP contribution in [0.15, 0.2) is 0 Å². The predicted molar refractivity (Wildman–Crippen MR) is 25.5 cm³/mol. The molecule has 0 fully saturated rings. The van der Waals surface area contributed by atoms with Crippen LogP contribution in [0.3, 0.4) is 0 Å². The van der Waals surface area contributed by atoms with Crippen LogP contribution in [0.4, 0.5) is 0 Å². The van der Waals surface area contributed by atoms with E-state index in [2.05, 4.69) is 6.92 Å². The van der Waals surface area contributed by atoms with E-state index in [0.29, 0.717) is 0 Å². The minimum Gasteiger partial charge on any atom is 1.00 e. The van der Waals surface area contributed by atoms with E-state index < -0.39 is 21.3 Å². The maximum absolute atomic E-state index is 9.82. The molecule has 0 aliphatic carbocycles. The van der Waals surface area contributed by atoms with Crippen molar-refractivity contribution in [3.05, 3.63) is 0 Å². The zero-order valence-electron chi connectivity index (χ0n) is 4.94. The number of hydrogen-bond acceptors (Lipinski definition) is 1. The van der Waals surface area contributed by atoms with Crippen LogP contribution in [-0.2, 0) is 0 Å². The summed E-state index contributed by atoms with van der Waals surface area (Å²) in [6, 6.07) is 0. The SMILES string of the molecule is CCCC[Te][O-].[Li+]. The molecule has 38 valence electrons. The Morgan fingerprint density at radius 1 is 1.57 bits per heavy atom. The van der Waals surface area contributed by atoms with Gasteiger partial charge in [-0.05, 0) is 0 Å². The van der Waals surface area contributed by atoms with E-state index in [1.807, 2.05) is 0 Å². The van der Waals surface area contributed by atoms with Crippen LogP contribution < -0.4 is 22.3 Å². The summed E-state index contributed by atoms with van der Waals surface area (Å²) in [4.78, 5) is 0. The van der Waals surface area contributed by atoms with Gasteiger partial charge in [-0.25, -0.2) is 0 Å². The molecule has 0 spiro atoms. The van der Waals surface area contributed by atoms with Gasteiger partial charge in [0.1, 0.15) is 0 Å².